The summed E-state index contributed by atoms with van der Waals surface area (Å²) >= 11 is 0. The predicted molar refractivity (Wildman–Crippen MR) is 85.2 cm³/mol. The van der Waals surface area contributed by atoms with E-state index in [1.807, 2.05) is 25.1 Å². The van der Waals surface area contributed by atoms with E-state index < -0.39 is 0 Å². The van der Waals surface area contributed by atoms with Gasteiger partial charge in [0.05, 0.1) is 0 Å². The summed E-state index contributed by atoms with van der Waals surface area (Å²) in [7, 11) is 0. The molecular weight excluding hydrogens is 262 g/mol. The number of nitrogens with two attached hydrogens (primary N) is 1. The van der Waals surface area contributed by atoms with Crippen molar-refractivity contribution in [2.75, 3.05) is 0 Å². The number of hydrogen-bond acceptors (Lipinski definition) is 3. The lowest BCUT2D eigenvalue weighted by Gasteiger charge is -2.19. The van der Waals surface area contributed by atoms with Crippen LogP contribution in [0.2, 0.25) is 0 Å². The van der Waals surface area contributed by atoms with Crippen molar-refractivity contribution in [2.45, 2.75) is 33.1 Å². The first-order valence-corrected chi connectivity index (χ1v) is 6.87. The summed E-state index contributed by atoms with van der Waals surface area (Å²) in [6.45, 7) is 8.32. The summed E-state index contributed by atoms with van der Waals surface area (Å²) in [5, 5.41) is 7.52. The third kappa shape index (κ3) is 3.81. The maximum absolute atomic E-state index is 7.52. The molecule has 0 atom stereocenters. The Morgan fingerprint density at radius 1 is 1.19 bits per heavy atom. The summed E-state index contributed by atoms with van der Waals surface area (Å²) in [5.41, 5.74) is 8.16. The SMILES string of the molecule is Cc1cc(C(=N)N)cc(Oc2cccc(C(C)(C)C)c2)n1. The molecule has 0 aliphatic rings. The van der Waals surface area contributed by atoms with Crippen LogP contribution in [0.3, 0.4) is 0 Å². The van der Waals surface area contributed by atoms with Crippen molar-refractivity contribution in [3.63, 3.8) is 0 Å². The number of amidine groups is 1. The van der Waals surface area contributed by atoms with Crippen LogP contribution in [0.15, 0.2) is 36.4 Å². The minimum atomic E-state index is 0.00814. The number of ether oxygens (including phenoxy) is 1. The summed E-state index contributed by atoms with van der Waals surface area (Å²) < 4.78 is 5.82. The minimum Gasteiger partial charge on any atom is -0.439 e. The van der Waals surface area contributed by atoms with Gasteiger partial charge in [-0.3, -0.25) is 5.41 Å². The summed E-state index contributed by atoms with van der Waals surface area (Å²) in [6.07, 6.45) is 0. The number of benzene rings is 1. The highest BCUT2D eigenvalue weighted by molar-refractivity contribution is 5.95. The highest BCUT2D eigenvalue weighted by Crippen LogP contribution is 2.28. The van der Waals surface area contributed by atoms with Crippen LogP contribution >= 0.6 is 0 Å². The second kappa shape index (κ2) is 5.56. The van der Waals surface area contributed by atoms with Gasteiger partial charge in [-0.15, -0.1) is 0 Å². The van der Waals surface area contributed by atoms with Crippen molar-refractivity contribution in [1.29, 1.82) is 5.41 Å². The molecule has 4 nitrogen and oxygen atoms in total. The van der Waals surface area contributed by atoms with Crippen molar-refractivity contribution >= 4 is 5.84 Å². The van der Waals surface area contributed by atoms with Crippen LogP contribution in [0.5, 0.6) is 11.6 Å². The first-order chi connectivity index (χ1) is 9.75. The molecule has 0 unspecified atom stereocenters. The van der Waals surface area contributed by atoms with E-state index in [2.05, 4.69) is 31.8 Å². The Bertz CT molecular complexity index is 672. The molecule has 0 saturated carbocycles. The topological polar surface area (TPSA) is 72.0 Å². The molecule has 0 saturated heterocycles. The first kappa shape index (κ1) is 15.0. The van der Waals surface area contributed by atoms with E-state index in [-0.39, 0.29) is 11.3 Å². The van der Waals surface area contributed by atoms with Gasteiger partial charge in [-0.05, 0) is 36.1 Å². The normalized spacial score (nSPS) is 11.2. The third-order valence-corrected chi connectivity index (χ3v) is 3.16. The van der Waals surface area contributed by atoms with Crippen molar-refractivity contribution in [3.8, 4) is 11.6 Å². The molecule has 4 heteroatoms. The van der Waals surface area contributed by atoms with Gasteiger partial charge in [0.15, 0.2) is 0 Å². The zero-order valence-electron chi connectivity index (χ0n) is 12.9. The molecule has 21 heavy (non-hydrogen) atoms. The summed E-state index contributed by atoms with van der Waals surface area (Å²) in [4.78, 5) is 4.33. The lowest BCUT2D eigenvalue weighted by molar-refractivity contribution is 0.458. The number of aromatic nitrogens is 1. The molecule has 0 spiro atoms. The average Bonchev–Trinajstić information content (AvgIpc) is 2.37. The van der Waals surface area contributed by atoms with Crippen molar-refractivity contribution in [1.82, 2.24) is 4.98 Å². The van der Waals surface area contributed by atoms with Gasteiger partial charge < -0.3 is 10.5 Å². The number of nitrogens with zero attached hydrogens (tertiary/aromatic N) is 1. The quantitative estimate of drug-likeness (QED) is 0.665. The second-order valence-electron chi connectivity index (χ2n) is 6.13. The Hall–Kier alpha value is -2.36. The van der Waals surface area contributed by atoms with Gasteiger partial charge in [-0.25, -0.2) is 4.98 Å². The zero-order chi connectivity index (χ0) is 15.6. The Balaban J connectivity index is 2.32. The van der Waals surface area contributed by atoms with Gasteiger partial charge in [-0.1, -0.05) is 32.9 Å². The van der Waals surface area contributed by atoms with E-state index in [4.69, 9.17) is 15.9 Å². The van der Waals surface area contributed by atoms with Crippen LogP contribution in [0.25, 0.3) is 0 Å². The van der Waals surface area contributed by atoms with E-state index >= 15 is 0 Å². The molecule has 0 aliphatic carbocycles. The van der Waals surface area contributed by atoms with Crippen LogP contribution in [0.1, 0.15) is 37.6 Å². The van der Waals surface area contributed by atoms with E-state index in [0.29, 0.717) is 11.4 Å². The molecule has 1 aromatic carbocycles. The van der Waals surface area contributed by atoms with Crippen LogP contribution in [0, 0.1) is 12.3 Å². The van der Waals surface area contributed by atoms with Gasteiger partial charge in [0.25, 0.3) is 0 Å². The van der Waals surface area contributed by atoms with Crippen LogP contribution < -0.4 is 10.5 Å². The molecular formula is C17H21N3O. The number of rotatable bonds is 3. The highest BCUT2D eigenvalue weighted by atomic mass is 16.5. The molecule has 3 N–H and O–H groups in total. The Kier molecular flexibility index (Phi) is 3.98. The smallest absolute Gasteiger partial charge is 0.220 e. The predicted octanol–water partition coefficient (Wildman–Crippen LogP) is 3.76. The van der Waals surface area contributed by atoms with E-state index in [9.17, 15) is 0 Å². The van der Waals surface area contributed by atoms with Gasteiger partial charge in [0.1, 0.15) is 11.6 Å². The second-order valence-corrected chi connectivity index (χ2v) is 6.13. The van der Waals surface area contributed by atoms with Crippen LogP contribution in [-0.4, -0.2) is 10.8 Å². The maximum atomic E-state index is 7.52. The number of nitrogens with one attached hydrogen (secondary N) is 1. The molecule has 110 valence electrons. The number of hydrogen-bond donors (Lipinski definition) is 2. The average molecular weight is 283 g/mol. The van der Waals surface area contributed by atoms with Crippen molar-refractivity contribution in [3.05, 3.63) is 53.2 Å². The van der Waals surface area contributed by atoms with Crippen LogP contribution in [-0.2, 0) is 5.41 Å². The fourth-order valence-electron chi connectivity index (χ4n) is 1.99. The van der Waals surface area contributed by atoms with Crippen molar-refractivity contribution < 1.29 is 4.74 Å². The first-order valence-electron chi connectivity index (χ1n) is 6.87. The van der Waals surface area contributed by atoms with E-state index in [0.717, 1.165) is 11.4 Å². The van der Waals surface area contributed by atoms with Gasteiger partial charge in [0.2, 0.25) is 5.88 Å². The maximum Gasteiger partial charge on any atom is 0.220 e. The van der Waals surface area contributed by atoms with Gasteiger partial charge in [-0.2, -0.15) is 0 Å². The van der Waals surface area contributed by atoms with Crippen molar-refractivity contribution in [2.24, 2.45) is 5.73 Å². The molecule has 0 fully saturated rings. The minimum absolute atomic E-state index is 0.00814. The lowest BCUT2D eigenvalue weighted by atomic mass is 9.87. The monoisotopic (exact) mass is 283 g/mol. The molecule has 2 aromatic rings. The largest absolute Gasteiger partial charge is 0.439 e. The summed E-state index contributed by atoms with van der Waals surface area (Å²) in [6, 6.07) is 11.4. The molecule has 0 aliphatic heterocycles. The van der Waals surface area contributed by atoms with Crippen LogP contribution in [0.4, 0.5) is 0 Å². The lowest BCUT2D eigenvalue weighted by Crippen LogP contribution is -2.12. The molecule has 0 radical (unpaired) electrons. The Morgan fingerprint density at radius 2 is 1.90 bits per heavy atom. The Morgan fingerprint density at radius 3 is 2.52 bits per heavy atom. The fourth-order valence-corrected chi connectivity index (χ4v) is 1.99. The number of aryl methyl sites for hydroxylation is 1. The fraction of sp³-hybridized carbons (Fsp3) is 0.294. The van der Waals surface area contributed by atoms with Gasteiger partial charge in [0, 0.05) is 17.3 Å². The number of nitrogen functional groups attached to an aromatic ring is 1. The standard InChI is InChI=1S/C17H21N3O/c1-11-8-12(16(18)19)9-15(20-11)21-14-7-5-6-13(10-14)17(2,3)4/h5-10H,1-4H3,(H3,18,19). The van der Waals surface area contributed by atoms with E-state index in [1.165, 1.54) is 5.56 Å². The molecule has 0 amide bonds. The zero-order valence-corrected chi connectivity index (χ0v) is 12.9. The molecule has 1 aromatic heterocycles. The molecule has 1 heterocycles. The molecule has 0 bridgehead atoms. The Labute approximate surface area is 125 Å². The molecule has 2 rings (SSSR count). The highest BCUT2D eigenvalue weighted by Gasteiger charge is 2.14. The number of pyridine rings is 1. The summed E-state index contributed by atoms with van der Waals surface area (Å²) in [5.74, 6) is 1.19. The third-order valence-electron chi connectivity index (χ3n) is 3.16. The van der Waals surface area contributed by atoms with Gasteiger partial charge >= 0.3 is 0 Å². The van der Waals surface area contributed by atoms with E-state index in [1.54, 1.807) is 12.1 Å².